The summed E-state index contributed by atoms with van der Waals surface area (Å²) in [6.45, 7) is 2.22. The molecule has 142 valence electrons. The van der Waals surface area contributed by atoms with Crippen molar-refractivity contribution in [3.63, 3.8) is 0 Å². The van der Waals surface area contributed by atoms with Crippen LogP contribution in [0.3, 0.4) is 0 Å². The van der Waals surface area contributed by atoms with Gasteiger partial charge in [0, 0.05) is 6.42 Å². The molecule has 24 heavy (non-hydrogen) atoms. The van der Waals surface area contributed by atoms with Gasteiger partial charge in [-0.1, -0.05) is 71.1 Å². The minimum absolute atomic E-state index is 0.0437. The Bertz CT molecular complexity index is 319. The largest absolute Gasteiger partial charge is 0.342 e. The maximum absolute atomic E-state index is 11.2. The zero-order chi connectivity index (χ0) is 18.0. The second kappa shape index (κ2) is 16.7. The third-order valence-electron chi connectivity index (χ3n) is 4.38. The number of unbranched alkanes of at least 4 members (excludes halogenated alkanes) is 9. The Morgan fingerprint density at radius 2 is 1.25 bits per heavy atom. The molecular formula is C18H34O6. The molecule has 1 atom stereocenters. The molecule has 2 N–H and O–H groups in total. The van der Waals surface area contributed by atoms with Crippen molar-refractivity contribution in [2.75, 3.05) is 0 Å². The fourth-order valence-corrected chi connectivity index (χ4v) is 2.91. The molecule has 0 radical (unpaired) electrons. The molecule has 0 saturated carbocycles. The van der Waals surface area contributed by atoms with Crippen molar-refractivity contribution in [3.8, 4) is 0 Å². The van der Waals surface area contributed by atoms with Crippen LogP contribution in [-0.4, -0.2) is 22.5 Å². The lowest BCUT2D eigenvalue weighted by Crippen LogP contribution is -2.13. The van der Waals surface area contributed by atoms with E-state index in [1.807, 2.05) is 0 Å². The third-order valence-corrected chi connectivity index (χ3v) is 4.38. The van der Waals surface area contributed by atoms with Gasteiger partial charge in [0.1, 0.15) is 0 Å². The van der Waals surface area contributed by atoms with E-state index in [1.54, 1.807) is 0 Å². The maximum Gasteiger partial charge on any atom is 0.342 e. The molecule has 0 heterocycles. The fraction of sp³-hybridized carbons (Fsp3) is 0.889. The van der Waals surface area contributed by atoms with E-state index in [-0.39, 0.29) is 18.8 Å². The van der Waals surface area contributed by atoms with Crippen LogP contribution in [0, 0.1) is 5.92 Å². The van der Waals surface area contributed by atoms with Crippen LogP contribution in [0.5, 0.6) is 0 Å². The van der Waals surface area contributed by atoms with Crippen molar-refractivity contribution in [2.24, 2.45) is 5.92 Å². The van der Waals surface area contributed by atoms with Gasteiger partial charge >= 0.3 is 11.9 Å². The highest BCUT2D eigenvalue weighted by atomic mass is 17.1. The van der Waals surface area contributed by atoms with Crippen LogP contribution in [0.25, 0.3) is 0 Å². The molecule has 0 aliphatic rings. The predicted octanol–water partition coefficient (Wildman–Crippen LogP) is 5.12. The van der Waals surface area contributed by atoms with Crippen LogP contribution in [0.2, 0.25) is 0 Å². The second-order valence-corrected chi connectivity index (χ2v) is 6.51. The monoisotopic (exact) mass is 346 g/mol. The van der Waals surface area contributed by atoms with Gasteiger partial charge in [0.2, 0.25) is 0 Å². The van der Waals surface area contributed by atoms with Crippen molar-refractivity contribution in [1.29, 1.82) is 0 Å². The zero-order valence-electron chi connectivity index (χ0n) is 15.0. The summed E-state index contributed by atoms with van der Waals surface area (Å²) in [6, 6.07) is 0. The van der Waals surface area contributed by atoms with E-state index < -0.39 is 11.9 Å². The Morgan fingerprint density at radius 1 is 0.750 bits per heavy atom. The summed E-state index contributed by atoms with van der Waals surface area (Å²) in [4.78, 5) is 29.5. The van der Waals surface area contributed by atoms with Crippen LogP contribution in [0.15, 0.2) is 0 Å². The molecule has 0 aliphatic carbocycles. The zero-order valence-corrected chi connectivity index (χ0v) is 15.0. The van der Waals surface area contributed by atoms with Gasteiger partial charge in [-0.25, -0.2) is 9.59 Å². The van der Waals surface area contributed by atoms with Gasteiger partial charge in [-0.15, -0.1) is 0 Å². The number of hydrogen-bond acceptors (Lipinski definition) is 6. The molecule has 1 unspecified atom stereocenters. The quantitative estimate of drug-likeness (QED) is 0.229. The first-order valence-corrected chi connectivity index (χ1v) is 9.32. The molecule has 0 amide bonds. The molecule has 0 aromatic rings. The van der Waals surface area contributed by atoms with Gasteiger partial charge in [0.25, 0.3) is 0 Å². The van der Waals surface area contributed by atoms with Gasteiger partial charge in [-0.3, -0.25) is 0 Å². The van der Waals surface area contributed by atoms with E-state index in [9.17, 15) is 9.59 Å². The van der Waals surface area contributed by atoms with Gasteiger partial charge in [-0.05, 0) is 18.8 Å². The summed E-state index contributed by atoms with van der Waals surface area (Å²) >= 11 is 0. The molecule has 0 aliphatic heterocycles. The highest BCUT2D eigenvalue weighted by Crippen LogP contribution is 2.21. The molecule has 0 spiro atoms. The van der Waals surface area contributed by atoms with Crippen molar-refractivity contribution in [2.45, 2.75) is 96.8 Å². The highest BCUT2D eigenvalue weighted by molar-refractivity contribution is 5.70. The molecule has 0 aromatic heterocycles. The summed E-state index contributed by atoms with van der Waals surface area (Å²) in [7, 11) is 0. The van der Waals surface area contributed by atoms with Crippen LogP contribution < -0.4 is 0 Å². The minimum Gasteiger partial charge on any atom is -0.301 e. The molecule has 0 saturated heterocycles. The summed E-state index contributed by atoms with van der Waals surface area (Å²) in [5.41, 5.74) is 0. The summed E-state index contributed by atoms with van der Waals surface area (Å²) in [6.07, 6.45) is 13.8. The smallest absolute Gasteiger partial charge is 0.301 e. The third kappa shape index (κ3) is 14.5. The van der Waals surface area contributed by atoms with Crippen molar-refractivity contribution < 1.29 is 29.9 Å². The average molecular weight is 346 g/mol. The van der Waals surface area contributed by atoms with E-state index in [1.165, 1.54) is 51.4 Å². The van der Waals surface area contributed by atoms with E-state index >= 15 is 0 Å². The normalized spacial score (nSPS) is 12.0. The lowest BCUT2D eigenvalue weighted by molar-refractivity contribution is -0.236. The van der Waals surface area contributed by atoms with Crippen LogP contribution in [-0.2, 0) is 19.4 Å². The molecule has 0 fully saturated rings. The topological polar surface area (TPSA) is 93.1 Å². The number of rotatable bonds is 16. The first kappa shape index (κ1) is 22.9. The Hall–Kier alpha value is -1.14. The Labute approximate surface area is 145 Å². The first-order valence-electron chi connectivity index (χ1n) is 9.32. The van der Waals surface area contributed by atoms with Crippen molar-refractivity contribution in [3.05, 3.63) is 0 Å². The van der Waals surface area contributed by atoms with Crippen LogP contribution >= 0.6 is 0 Å². The summed E-state index contributed by atoms with van der Waals surface area (Å²) in [5, 5.41) is 16.6. The minimum atomic E-state index is -0.708. The van der Waals surface area contributed by atoms with Gasteiger partial charge in [0.15, 0.2) is 0 Å². The highest BCUT2D eigenvalue weighted by Gasteiger charge is 2.17. The van der Waals surface area contributed by atoms with Crippen molar-refractivity contribution >= 4 is 11.9 Å². The number of hydrogen-bond donors (Lipinski definition) is 2. The molecule has 0 bridgehead atoms. The van der Waals surface area contributed by atoms with E-state index in [0.717, 1.165) is 19.3 Å². The van der Waals surface area contributed by atoms with Gasteiger partial charge < -0.3 is 9.78 Å². The van der Waals surface area contributed by atoms with Crippen LogP contribution in [0.4, 0.5) is 0 Å². The summed E-state index contributed by atoms with van der Waals surface area (Å²) < 4.78 is 0. The SMILES string of the molecule is CCCCCCCCCCCCC(CCC(=O)OO)CC(=O)OO. The van der Waals surface area contributed by atoms with E-state index in [4.69, 9.17) is 10.5 Å². The standard InChI is InChI=1S/C18H34O6/c1-2-3-4-5-6-7-8-9-10-11-12-16(15-18(20)24-22)13-14-17(19)23-21/h16,21-22H,2-15H2,1H3. The predicted molar refractivity (Wildman–Crippen MR) is 91.2 cm³/mol. The fourth-order valence-electron chi connectivity index (χ4n) is 2.91. The molecular weight excluding hydrogens is 312 g/mol. The number of carbonyl (C=O) groups excluding carboxylic acids is 2. The van der Waals surface area contributed by atoms with Crippen LogP contribution in [0.1, 0.15) is 96.8 Å². The number of carbonyl (C=O) groups is 2. The Morgan fingerprint density at radius 3 is 1.75 bits per heavy atom. The van der Waals surface area contributed by atoms with Gasteiger partial charge in [-0.2, -0.15) is 10.5 Å². The maximum atomic E-state index is 11.2. The average Bonchev–Trinajstić information content (AvgIpc) is 2.60. The lowest BCUT2D eigenvalue weighted by Gasteiger charge is -2.14. The van der Waals surface area contributed by atoms with E-state index in [2.05, 4.69) is 16.7 Å². The Kier molecular flexibility index (Phi) is 15.9. The molecule has 0 aromatic carbocycles. The first-order chi connectivity index (χ1) is 11.6. The van der Waals surface area contributed by atoms with Crippen molar-refractivity contribution in [1.82, 2.24) is 0 Å². The second-order valence-electron chi connectivity index (χ2n) is 6.51. The molecule has 6 heteroatoms. The van der Waals surface area contributed by atoms with Gasteiger partial charge in [0.05, 0.1) is 6.42 Å². The molecule has 6 nitrogen and oxygen atoms in total. The molecule has 0 rings (SSSR count). The Balaban J connectivity index is 3.73. The van der Waals surface area contributed by atoms with E-state index in [0.29, 0.717) is 6.42 Å². The lowest BCUT2D eigenvalue weighted by atomic mass is 9.92. The summed E-state index contributed by atoms with van der Waals surface area (Å²) in [5.74, 6) is -1.44.